The van der Waals surface area contributed by atoms with E-state index in [2.05, 4.69) is 10.3 Å². The molecule has 0 bridgehead atoms. The predicted octanol–water partition coefficient (Wildman–Crippen LogP) is 2.09. The predicted molar refractivity (Wildman–Crippen MR) is 110 cm³/mol. The highest BCUT2D eigenvalue weighted by atomic mass is 16.9. The topological polar surface area (TPSA) is 129 Å². The maximum absolute atomic E-state index is 10.9. The monoisotopic (exact) mass is 462 g/mol. The van der Waals surface area contributed by atoms with E-state index in [0.29, 0.717) is 18.0 Å². The van der Waals surface area contributed by atoms with Crippen LogP contribution in [0, 0.1) is 10.1 Å². The first-order valence-electron chi connectivity index (χ1n) is 10.7. The summed E-state index contributed by atoms with van der Waals surface area (Å²) in [4.78, 5) is 10.4. The van der Waals surface area contributed by atoms with E-state index < -0.39 is 34.5 Å². The fraction of sp³-hybridized carbons (Fsp3) is 0.619. The van der Waals surface area contributed by atoms with Gasteiger partial charge in [-0.25, -0.2) is 4.68 Å². The van der Waals surface area contributed by atoms with Gasteiger partial charge in [0.2, 0.25) is 5.79 Å². The van der Waals surface area contributed by atoms with E-state index in [4.69, 9.17) is 28.4 Å². The number of hydrogen-bond donors (Lipinski definition) is 0. The molecule has 12 heteroatoms. The molecule has 0 aliphatic carbocycles. The van der Waals surface area contributed by atoms with E-state index in [1.165, 1.54) is 16.8 Å². The maximum Gasteiger partial charge on any atom is 0.269 e. The Kier molecular flexibility index (Phi) is 5.27. The van der Waals surface area contributed by atoms with Crippen LogP contribution in [0.25, 0.3) is 5.69 Å². The number of rotatable bonds is 5. The van der Waals surface area contributed by atoms with Crippen molar-refractivity contribution in [3.8, 4) is 5.69 Å². The normalized spacial score (nSPS) is 32.2. The molecule has 1 spiro atoms. The first-order chi connectivity index (χ1) is 15.6. The van der Waals surface area contributed by atoms with Crippen LogP contribution >= 0.6 is 0 Å². The number of fused-ring (bicyclic) bond motifs is 1. The molecule has 4 heterocycles. The van der Waals surface area contributed by atoms with Crippen molar-refractivity contribution >= 4 is 5.69 Å². The molecular weight excluding hydrogens is 436 g/mol. The van der Waals surface area contributed by atoms with Crippen LogP contribution in [0.3, 0.4) is 0 Å². The molecule has 3 fully saturated rings. The average Bonchev–Trinajstić information content (AvgIpc) is 3.42. The van der Waals surface area contributed by atoms with E-state index in [1.807, 2.05) is 27.7 Å². The van der Waals surface area contributed by atoms with Gasteiger partial charge in [-0.05, 0) is 39.8 Å². The summed E-state index contributed by atoms with van der Waals surface area (Å²) in [7, 11) is 0. The van der Waals surface area contributed by atoms with Crippen LogP contribution in [0.4, 0.5) is 5.69 Å². The van der Waals surface area contributed by atoms with E-state index in [1.54, 1.807) is 18.3 Å². The highest BCUT2D eigenvalue weighted by Crippen LogP contribution is 2.45. The molecule has 0 N–H and O–H groups in total. The second-order valence-electron chi connectivity index (χ2n) is 9.21. The Morgan fingerprint density at radius 1 is 1.15 bits per heavy atom. The van der Waals surface area contributed by atoms with Crippen LogP contribution < -0.4 is 0 Å². The molecule has 5 rings (SSSR count). The summed E-state index contributed by atoms with van der Waals surface area (Å²) in [6.45, 7) is 7.93. The molecular formula is C21H26N4O8. The van der Waals surface area contributed by atoms with Gasteiger partial charge in [-0.3, -0.25) is 10.1 Å². The Morgan fingerprint density at radius 2 is 1.91 bits per heavy atom. The first-order valence-corrected chi connectivity index (χ1v) is 10.7. The van der Waals surface area contributed by atoms with Crippen LogP contribution in [0.1, 0.15) is 33.4 Å². The van der Waals surface area contributed by atoms with Gasteiger partial charge in [0.15, 0.2) is 11.6 Å². The molecule has 3 saturated heterocycles. The molecule has 1 aromatic heterocycles. The fourth-order valence-electron chi connectivity index (χ4n) is 4.38. The lowest BCUT2D eigenvalue weighted by Gasteiger charge is -2.43. The number of nitro benzene ring substituents is 1. The lowest BCUT2D eigenvalue weighted by Crippen LogP contribution is -2.62. The van der Waals surface area contributed by atoms with E-state index in [-0.39, 0.29) is 25.0 Å². The summed E-state index contributed by atoms with van der Waals surface area (Å²) in [5.41, 5.74) is 1.20. The molecule has 0 saturated carbocycles. The average molecular weight is 462 g/mol. The van der Waals surface area contributed by atoms with Crippen molar-refractivity contribution in [2.75, 3.05) is 13.2 Å². The summed E-state index contributed by atoms with van der Waals surface area (Å²) in [5, 5.41) is 19.1. The van der Waals surface area contributed by atoms with Crippen molar-refractivity contribution < 1.29 is 33.3 Å². The number of hydrogen-bond acceptors (Lipinski definition) is 10. The summed E-state index contributed by atoms with van der Waals surface area (Å²) in [6.07, 6.45) is 0.333. The molecule has 0 unspecified atom stereocenters. The molecule has 178 valence electrons. The van der Waals surface area contributed by atoms with E-state index >= 15 is 0 Å². The third kappa shape index (κ3) is 4.25. The smallest absolute Gasteiger partial charge is 0.269 e. The Labute approximate surface area is 189 Å². The van der Waals surface area contributed by atoms with Crippen LogP contribution in [0.2, 0.25) is 0 Å². The van der Waals surface area contributed by atoms with Gasteiger partial charge in [0.25, 0.3) is 5.69 Å². The Balaban J connectivity index is 1.34. The van der Waals surface area contributed by atoms with Crippen LogP contribution in [-0.4, -0.2) is 68.8 Å². The minimum atomic E-state index is -1.14. The van der Waals surface area contributed by atoms with Gasteiger partial charge in [-0.2, -0.15) is 0 Å². The first kappa shape index (κ1) is 22.3. The third-order valence-corrected chi connectivity index (χ3v) is 5.76. The number of ether oxygens (including phenoxy) is 6. The van der Waals surface area contributed by atoms with Gasteiger partial charge >= 0.3 is 0 Å². The summed E-state index contributed by atoms with van der Waals surface area (Å²) < 4.78 is 38.0. The zero-order valence-corrected chi connectivity index (χ0v) is 18.8. The van der Waals surface area contributed by atoms with Gasteiger partial charge in [-0.1, -0.05) is 5.21 Å². The van der Waals surface area contributed by atoms with Crippen LogP contribution in [0.5, 0.6) is 0 Å². The van der Waals surface area contributed by atoms with Crippen molar-refractivity contribution in [1.82, 2.24) is 15.0 Å². The van der Waals surface area contributed by atoms with Crippen molar-refractivity contribution in [3.05, 3.63) is 46.3 Å². The van der Waals surface area contributed by atoms with E-state index in [9.17, 15) is 10.1 Å². The standard InChI is InChI=1S/C21H26N4O8/c1-19(2)30-12-21(33-19)18(17-16(11-29-21)31-20(3,4)32-17)28-10-13-9-24(23-22-13)14-5-7-15(8-6-14)25(26)27/h5-9,16-18H,10-12H2,1-4H3/t16-,17-,18+,21+/m1/s1. The van der Waals surface area contributed by atoms with Crippen LogP contribution in [0.15, 0.2) is 30.5 Å². The van der Waals surface area contributed by atoms with Gasteiger partial charge in [0.05, 0.1) is 30.0 Å². The molecule has 12 nitrogen and oxygen atoms in total. The summed E-state index contributed by atoms with van der Waals surface area (Å²) in [6, 6.07) is 6.02. The summed E-state index contributed by atoms with van der Waals surface area (Å²) >= 11 is 0. The lowest BCUT2D eigenvalue weighted by molar-refractivity contribution is -0.384. The lowest BCUT2D eigenvalue weighted by atomic mass is 9.97. The quantitative estimate of drug-likeness (QED) is 0.481. The highest BCUT2D eigenvalue weighted by molar-refractivity contribution is 5.40. The van der Waals surface area contributed by atoms with Crippen molar-refractivity contribution in [2.24, 2.45) is 0 Å². The van der Waals surface area contributed by atoms with Gasteiger partial charge in [0, 0.05) is 12.1 Å². The number of non-ortho nitro benzene ring substituents is 1. The second-order valence-corrected chi connectivity index (χ2v) is 9.21. The third-order valence-electron chi connectivity index (χ3n) is 5.76. The SMILES string of the molecule is CC1(C)O[C@@H]2[C@@H](CO[C@]3(COC(C)(C)O3)[C@H]2OCc2cn(-c3ccc([N+](=O)[O-])cc3)nn2)O1. The minimum Gasteiger partial charge on any atom is -0.363 e. The van der Waals surface area contributed by atoms with Gasteiger partial charge in [0.1, 0.15) is 30.6 Å². The number of nitrogens with zero attached hydrogens (tertiary/aromatic N) is 4. The van der Waals surface area contributed by atoms with Crippen molar-refractivity contribution in [2.45, 2.75) is 70.0 Å². The van der Waals surface area contributed by atoms with Crippen molar-refractivity contribution in [1.29, 1.82) is 0 Å². The molecule has 4 atom stereocenters. The maximum atomic E-state index is 10.9. The Bertz CT molecular complexity index is 1040. The number of benzene rings is 1. The molecule has 33 heavy (non-hydrogen) atoms. The molecule has 2 aromatic rings. The minimum absolute atomic E-state index is 0.00276. The highest BCUT2D eigenvalue weighted by Gasteiger charge is 2.63. The van der Waals surface area contributed by atoms with Gasteiger partial charge in [-0.15, -0.1) is 5.10 Å². The zero-order valence-electron chi connectivity index (χ0n) is 18.8. The fourth-order valence-corrected chi connectivity index (χ4v) is 4.38. The molecule has 0 amide bonds. The largest absolute Gasteiger partial charge is 0.363 e. The van der Waals surface area contributed by atoms with Crippen molar-refractivity contribution in [3.63, 3.8) is 0 Å². The number of nitro groups is 1. The van der Waals surface area contributed by atoms with Crippen LogP contribution in [-0.2, 0) is 35.0 Å². The molecule has 3 aliphatic rings. The number of aromatic nitrogens is 3. The summed E-state index contributed by atoms with van der Waals surface area (Å²) in [5.74, 6) is -2.74. The zero-order chi connectivity index (χ0) is 23.4. The van der Waals surface area contributed by atoms with E-state index in [0.717, 1.165) is 0 Å². The Morgan fingerprint density at radius 3 is 2.58 bits per heavy atom. The Hall–Kier alpha value is -2.48. The second kappa shape index (κ2) is 7.79. The van der Waals surface area contributed by atoms with Gasteiger partial charge < -0.3 is 28.4 Å². The molecule has 1 aromatic carbocycles. The molecule has 0 radical (unpaired) electrons. The molecule has 3 aliphatic heterocycles.